The van der Waals surface area contributed by atoms with Crippen molar-refractivity contribution in [2.75, 3.05) is 13.1 Å². The number of rotatable bonds is 4. The fraction of sp³-hybridized carbons (Fsp3) is 0.682. The highest BCUT2D eigenvalue weighted by atomic mass is 16.5. The van der Waals surface area contributed by atoms with Gasteiger partial charge < -0.3 is 10.1 Å². The fourth-order valence-corrected chi connectivity index (χ4v) is 4.47. The lowest BCUT2D eigenvalue weighted by atomic mass is 9.78. The van der Waals surface area contributed by atoms with E-state index >= 15 is 0 Å². The summed E-state index contributed by atoms with van der Waals surface area (Å²) in [5.74, 6) is 1.31. The maximum Gasteiger partial charge on any atom is 0.251 e. The van der Waals surface area contributed by atoms with E-state index in [-0.39, 0.29) is 18.1 Å². The van der Waals surface area contributed by atoms with Crippen LogP contribution in [0.5, 0.6) is 0 Å². The molecule has 1 saturated heterocycles. The molecule has 5 atom stereocenters. The van der Waals surface area contributed by atoms with Crippen LogP contribution in [0.1, 0.15) is 62.9 Å². The number of carbonyl (C=O) groups is 1. The molecule has 0 aromatic heterocycles. The first-order valence-corrected chi connectivity index (χ1v) is 10.2. The van der Waals surface area contributed by atoms with E-state index in [4.69, 9.17) is 4.74 Å². The van der Waals surface area contributed by atoms with Crippen LogP contribution in [0.25, 0.3) is 0 Å². The number of nitrogens with one attached hydrogen (secondary N) is 1. The minimum atomic E-state index is 0.0658. The monoisotopic (exact) mass is 358 g/mol. The average molecular weight is 359 g/mol. The van der Waals surface area contributed by atoms with Crippen LogP contribution < -0.4 is 5.32 Å². The van der Waals surface area contributed by atoms with Crippen molar-refractivity contribution in [1.29, 1.82) is 0 Å². The molecule has 0 spiro atoms. The van der Waals surface area contributed by atoms with Gasteiger partial charge >= 0.3 is 0 Å². The molecular weight excluding hydrogens is 324 g/mol. The third-order valence-electron chi connectivity index (χ3n) is 6.14. The fourth-order valence-electron chi connectivity index (χ4n) is 4.47. The highest BCUT2D eigenvalue weighted by Crippen LogP contribution is 2.29. The number of hydrogen-bond acceptors (Lipinski definition) is 3. The van der Waals surface area contributed by atoms with Crippen molar-refractivity contribution in [2.45, 2.75) is 71.8 Å². The molecule has 144 valence electrons. The normalized spacial score (nSPS) is 33.0. The highest BCUT2D eigenvalue weighted by Gasteiger charge is 2.28. The van der Waals surface area contributed by atoms with Crippen LogP contribution >= 0.6 is 0 Å². The van der Waals surface area contributed by atoms with Crippen LogP contribution in [-0.2, 0) is 11.3 Å². The molecule has 1 aliphatic heterocycles. The van der Waals surface area contributed by atoms with E-state index in [0.717, 1.165) is 31.6 Å². The predicted molar refractivity (Wildman–Crippen MR) is 105 cm³/mol. The van der Waals surface area contributed by atoms with Crippen LogP contribution in [0.15, 0.2) is 24.3 Å². The average Bonchev–Trinajstić information content (AvgIpc) is 2.58. The van der Waals surface area contributed by atoms with Gasteiger partial charge in [0.2, 0.25) is 0 Å². The Morgan fingerprint density at radius 1 is 1.08 bits per heavy atom. The Kier molecular flexibility index (Phi) is 6.36. The van der Waals surface area contributed by atoms with E-state index in [1.165, 1.54) is 18.4 Å². The van der Waals surface area contributed by atoms with Crippen molar-refractivity contribution in [3.63, 3.8) is 0 Å². The molecule has 1 saturated carbocycles. The molecule has 2 fully saturated rings. The predicted octanol–water partition coefficient (Wildman–Crippen LogP) is 3.85. The summed E-state index contributed by atoms with van der Waals surface area (Å²) < 4.78 is 5.80. The Morgan fingerprint density at radius 3 is 2.38 bits per heavy atom. The van der Waals surface area contributed by atoms with Crippen molar-refractivity contribution < 1.29 is 9.53 Å². The number of morpholine rings is 1. The van der Waals surface area contributed by atoms with Gasteiger partial charge in [-0.05, 0) is 49.8 Å². The topological polar surface area (TPSA) is 41.6 Å². The molecule has 3 rings (SSSR count). The van der Waals surface area contributed by atoms with E-state index < -0.39 is 0 Å². The molecule has 4 heteroatoms. The number of carbonyl (C=O) groups excluding carboxylic acids is 1. The van der Waals surface area contributed by atoms with Gasteiger partial charge in [0, 0.05) is 31.2 Å². The lowest BCUT2D eigenvalue weighted by Crippen LogP contribution is -2.44. The second-order valence-corrected chi connectivity index (χ2v) is 8.50. The van der Waals surface area contributed by atoms with Gasteiger partial charge in [0.05, 0.1) is 12.2 Å². The molecule has 1 amide bonds. The van der Waals surface area contributed by atoms with E-state index in [0.29, 0.717) is 17.9 Å². The Hall–Kier alpha value is -1.39. The molecule has 0 bridgehead atoms. The second-order valence-electron chi connectivity index (χ2n) is 8.50. The Balaban J connectivity index is 1.56. The number of hydrogen-bond donors (Lipinski definition) is 1. The summed E-state index contributed by atoms with van der Waals surface area (Å²) in [5.41, 5.74) is 2.02. The first-order chi connectivity index (χ1) is 12.4. The van der Waals surface area contributed by atoms with Gasteiger partial charge in [0.1, 0.15) is 0 Å². The maximum absolute atomic E-state index is 12.6. The van der Waals surface area contributed by atoms with Gasteiger partial charge in [-0.15, -0.1) is 0 Å². The van der Waals surface area contributed by atoms with Gasteiger partial charge in [0.15, 0.2) is 0 Å². The van der Waals surface area contributed by atoms with Crippen LogP contribution in [0.3, 0.4) is 0 Å². The molecule has 4 nitrogen and oxygen atoms in total. The van der Waals surface area contributed by atoms with Gasteiger partial charge in [-0.3, -0.25) is 9.69 Å². The summed E-state index contributed by atoms with van der Waals surface area (Å²) in [6, 6.07) is 8.42. The first-order valence-electron chi connectivity index (χ1n) is 10.2. The lowest BCUT2D eigenvalue weighted by Gasteiger charge is -2.35. The van der Waals surface area contributed by atoms with Crippen molar-refractivity contribution in [1.82, 2.24) is 10.2 Å². The van der Waals surface area contributed by atoms with Crippen molar-refractivity contribution in [2.24, 2.45) is 11.8 Å². The number of ether oxygens (including phenoxy) is 1. The molecule has 2 aliphatic rings. The number of amides is 1. The van der Waals surface area contributed by atoms with Crippen molar-refractivity contribution in [3.8, 4) is 0 Å². The van der Waals surface area contributed by atoms with E-state index in [1.54, 1.807) is 0 Å². The summed E-state index contributed by atoms with van der Waals surface area (Å²) in [7, 11) is 0. The molecule has 26 heavy (non-hydrogen) atoms. The second kappa shape index (κ2) is 8.53. The van der Waals surface area contributed by atoms with E-state index in [9.17, 15) is 4.79 Å². The third kappa shape index (κ3) is 4.86. The molecule has 1 heterocycles. The van der Waals surface area contributed by atoms with Gasteiger partial charge in [-0.1, -0.05) is 38.8 Å². The van der Waals surface area contributed by atoms with Crippen LogP contribution in [0.2, 0.25) is 0 Å². The quantitative estimate of drug-likeness (QED) is 0.889. The lowest BCUT2D eigenvalue weighted by molar-refractivity contribution is -0.0704. The van der Waals surface area contributed by atoms with Gasteiger partial charge in [-0.2, -0.15) is 0 Å². The first kappa shape index (κ1) is 19.4. The van der Waals surface area contributed by atoms with Crippen LogP contribution in [-0.4, -0.2) is 42.1 Å². The van der Waals surface area contributed by atoms with Gasteiger partial charge in [-0.25, -0.2) is 0 Å². The highest BCUT2D eigenvalue weighted by molar-refractivity contribution is 5.94. The maximum atomic E-state index is 12.6. The van der Waals surface area contributed by atoms with Crippen LogP contribution in [0, 0.1) is 11.8 Å². The molecule has 1 aromatic carbocycles. The summed E-state index contributed by atoms with van der Waals surface area (Å²) >= 11 is 0. The minimum absolute atomic E-state index is 0.0658. The van der Waals surface area contributed by atoms with Crippen molar-refractivity contribution >= 4 is 5.91 Å². The summed E-state index contributed by atoms with van der Waals surface area (Å²) in [4.78, 5) is 15.0. The molecule has 5 unspecified atom stereocenters. The molecule has 1 N–H and O–H groups in total. The minimum Gasteiger partial charge on any atom is -0.373 e. The SMILES string of the molecule is CC1CN(Cc2ccc(C(=O)NC3CCCC(C)C3C)cc2)CC(C)O1. The standard InChI is InChI=1S/C22H34N2O2/c1-15-6-5-7-21(18(15)4)23-22(25)20-10-8-19(9-11-20)14-24-12-16(2)26-17(3)13-24/h8-11,15-18,21H,5-7,12-14H2,1-4H3,(H,23,25). The zero-order valence-corrected chi connectivity index (χ0v) is 16.7. The Morgan fingerprint density at radius 2 is 1.73 bits per heavy atom. The Labute approximate surface area is 158 Å². The van der Waals surface area contributed by atoms with Crippen LogP contribution in [0.4, 0.5) is 0 Å². The Bertz CT molecular complexity index is 591. The zero-order chi connectivity index (χ0) is 18.7. The summed E-state index contributed by atoms with van der Waals surface area (Å²) in [5, 5.41) is 3.26. The largest absolute Gasteiger partial charge is 0.373 e. The van der Waals surface area contributed by atoms with E-state index in [1.807, 2.05) is 12.1 Å². The summed E-state index contributed by atoms with van der Waals surface area (Å²) in [6.45, 7) is 11.7. The van der Waals surface area contributed by atoms with E-state index in [2.05, 4.69) is 50.0 Å². The third-order valence-corrected chi connectivity index (χ3v) is 6.14. The van der Waals surface area contributed by atoms with Gasteiger partial charge in [0.25, 0.3) is 5.91 Å². The zero-order valence-electron chi connectivity index (χ0n) is 16.7. The number of nitrogens with zero attached hydrogens (tertiary/aromatic N) is 1. The molecular formula is C22H34N2O2. The summed E-state index contributed by atoms with van der Waals surface area (Å²) in [6.07, 6.45) is 4.16. The molecule has 1 aromatic rings. The molecule has 1 aliphatic carbocycles. The van der Waals surface area contributed by atoms with Crippen molar-refractivity contribution in [3.05, 3.63) is 35.4 Å². The number of benzene rings is 1. The molecule has 0 radical (unpaired) electrons. The smallest absolute Gasteiger partial charge is 0.251 e.